The average Bonchev–Trinajstić information content (AvgIpc) is 2.85. The summed E-state index contributed by atoms with van der Waals surface area (Å²) in [5.74, 6) is -0.317. The molecule has 0 radical (unpaired) electrons. The number of benzene rings is 2. The number of nitrogens with zero attached hydrogens (tertiary/aromatic N) is 2. The number of hydrazone groups is 1. The molecule has 0 saturated heterocycles. The predicted octanol–water partition coefficient (Wildman–Crippen LogP) is 4.64. The van der Waals surface area contributed by atoms with Crippen molar-refractivity contribution in [1.29, 1.82) is 0 Å². The number of hydrogen-bond donors (Lipinski definition) is 1. The largest absolute Gasteiger partial charge is 0.253 e. The van der Waals surface area contributed by atoms with E-state index in [2.05, 4.69) is 31.4 Å². The third kappa shape index (κ3) is 2.86. The number of aromatic nitrogens is 1. The summed E-state index contributed by atoms with van der Waals surface area (Å²) in [6.45, 7) is 0. The van der Waals surface area contributed by atoms with Crippen molar-refractivity contribution in [3.8, 4) is 0 Å². The molecule has 0 fully saturated rings. The first-order valence-corrected chi connectivity index (χ1v) is 7.43. The van der Waals surface area contributed by atoms with Crippen molar-refractivity contribution in [1.82, 2.24) is 4.98 Å². The fraction of sp³-hybridized carbons (Fsp3) is 0. The van der Waals surface area contributed by atoms with Gasteiger partial charge in [-0.1, -0.05) is 39.4 Å². The molecule has 1 heterocycles. The van der Waals surface area contributed by atoms with Crippen LogP contribution in [-0.4, -0.2) is 11.2 Å². The summed E-state index contributed by atoms with van der Waals surface area (Å²) >= 11 is 4.80. The average molecular weight is 350 g/mol. The summed E-state index contributed by atoms with van der Waals surface area (Å²) in [6.07, 6.45) is 1.44. The van der Waals surface area contributed by atoms with Gasteiger partial charge < -0.3 is 0 Å². The molecule has 0 saturated carbocycles. The van der Waals surface area contributed by atoms with E-state index in [0.29, 0.717) is 10.7 Å². The van der Waals surface area contributed by atoms with Crippen LogP contribution in [0, 0.1) is 5.82 Å². The molecular weight excluding hydrogens is 341 g/mol. The molecule has 1 aromatic heterocycles. The first-order valence-electron chi connectivity index (χ1n) is 5.82. The van der Waals surface area contributed by atoms with Gasteiger partial charge in [0.15, 0.2) is 0 Å². The van der Waals surface area contributed by atoms with Crippen molar-refractivity contribution in [3.05, 3.63) is 58.3 Å². The molecule has 100 valence electrons. The lowest BCUT2D eigenvalue weighted by molar-refractivity contribution is 0.625. The summed E-state index contributed by atoms with van der Waals surface area (Å²) in [7, 11) is 0. The molecular formula is C14H9BrFN3S. The van der Waals surface area contributed by atoms with E-state index < -0.39 is 0 Å². The number of anilines is 1. The highest BCUT2D eigenvalue weighted by Crippen LogP contribution is 2.25. The summed E-state index contributed by atoms with van der Waals surface area (Å²) in [5.41, 5.74) is 4.15. The fourth-order valence-corrected chi connectivity index (χ4v) is 2.88. The Morgan fingerprint density at radius 1 is 1.25 bits per heavy atom. The Labute approximate surface area is 127 Å². The van der Waals surface area contributed by atoms with E-state index in [9.17, 15) is 4.39 Å². The molecule has 0 aliphatic heterocycles. The van der Waals surface area contributed by atoms with Crippen LogP contribution < -0.4 is 5.43 Å². The van der Waals surface area contributed by atoms with E-state index in [1.54, 1.807) is 12.1 Å². The SMILES string of the molecule is Fc1ccc(Br)cc1/C=N\Nc1nc2ccccc2s1. The quantitative estimate of drug-likeness (QED) is 0.552. The maximum Gasteiger partial charge on any atom is 0.204 e. The standard InChI is InChI=1S/C14H9BrFN3S/c15-10-5-6-11(16)9(7-10)8-17-19-14-18-12-3-1-2-4-13(12)20-14/h1-8H,(H,18,19)/b17-8-. The molecule has 0 amide bonds. The second-order valence-electron chi connectivity index (χ2n) is 4.02. The van der Waals surface area contributed by atoms with Crippen LogP contribution in [0.3, 0.4) is 0 Å². The van der Waals surface area contributed by atoms with Gasteiger partial charge in [-0.3, -0.25) is 5.43 Å². The van der Waals surface area contributed by atoms with Crippen LogP contribution in [0.5, 0.6) is 0 Å². The molecule has 0 atom stereocenters. The van der Waals surface area contributed by atoms with Crippen molar-refractivity contribution in [2.24, 2.45) is 5.10 Å². The highest BCUT2D eigenvalue weighted by atomic mass is 79.9. The molecule has 20 heavy (non-hydrogen) atoms. The Morgan fingerprint density at radius 2 is 2.10 bits per heavy atom. The van der Waals surface area contributed by atoms with Crippen LogP contribution in [0.1, 0.15) is 5.56 Å². The summed E-state index contributed by atoms with van der Waals surface area (Å²) in [6, 6.07) is 12.5. The monoisotopic (exact) mass is 349 g/mol. The number of fused-ring (bicyclic) bond motifs is 1. The van der Waals surface area contributed by atoms with Crippen LogP contribution >= 0.6 is 27.3 Å². The molecule has 1 N–H and O–H groups in total. The smallest absolute Gasteiger partial charge is 0.204 e. The Kier molecular flexibility index (Phi) is 3.75. The summed E-state index contributed by atoms with van der Waals surface area (Å²) in [5, 5.41) is 4.70. The Bertz CT molecular complexity index is 752. The molecule has 2 aromatic carbocycles. The van der Waals surface area contributed by atoms with Crippen LogP contribution in [0.15, 0.2) is 52.0 Å². The van der Waals surface area contributed by atoms with Gasteiger partial charge in [-0.15, -0.1) is 0 Å². The van der Waals surface area contributed by atoms with Gasteiger partial charge in [-0.05, 0) is 30.3 Å². The predicted molar refractivity (Wildman–Crippen MR) is 84.9 cm³/mol. The first-order chi connectivity index (χ1) is 9.72. The number of halogens is 2. The second kappa shape index (κ2) is 5.68. The fourth-order valence-electron chi connectivity index (χ4n) is 1.69. The normalized spacial score (nSPS) is 11.3. The maximum atomic E-state index is 13.5. The summed E-state index contributed by atoms with van der Waals surface area (Å²) < 4.78 is 15.4. The molecule has 0 bridgehead atoms. The molecule has 3 rings (SSSR count). The maximum absolute atomic E-state index is 13.5. The van der Waals surface area contributed by atoms with Gasteiger partial charge in [0.05, 0.1) is 16.4 Å². The van der Waals surface area contributed by atoms with Gasteiger partial charge in [0.1, 0.15) is 5.82 Å². The Balaban J connectivity index is 1.78. The van der Waals surface area contributed by atoms with E-state index in [4.69, 9.17) is 0 Å². The van der Waals surface area contributed by atoms with E-state index in [1.807, 2.05) is 24.3 Å². The van der Waals surface area contributed by atoms with E-state index in [-0.39, 0.29) is 5.82 Å². The lowest BCUT2D eigenvalue weighted by Crippen LogP contribution is -1.92. The van der Waals surface area contributed by atoms with E-state index in [1.165, 1.54) is 23.6 Å². The van der Waals surface area contributed by atoms with Crippen molar-refractivity contribution in [2.75, 3.05) is 5.43 Å². The minimum Gasteiger partial charge on any atom is -0.253 e. The van der Waals surface area contributed by atoms with E-state index >= 15 is 0 Å². The molecule has 3 aromatic rings. The Hall–Kier alpha value is -1.79. The molecule has 6 heteroatoms. The molecule has 0 aliphatic rings. The number of hydrogen-bond acceptors (Lipinski definition) is 4. The van der Waals surface area contributed by atoms with Gasteiger partial charge in [0.25, 0.3) is 0 Å². The van der Waals surface area contributed by atoms with Crippen molar-refractivity contribution >= 4 is 48.8 Å². The lowest BCUT2D eigenvalue weighted by Gasteiger charge is -1.97. The highest BCUT2D eigenvalue weighted by Gasteiger charge is 2.02. The topological polar surface area (TPSA) is 37.3 Å². The second-order valence-corrected chi connectivity index (χ2v) is 5.97. The van der Waals surface area contributed by atoms with Crippen molar-refractivity contribution < 1.29 is 4.39 Å². The number of thiazole rings is 1. The van der Waals surface area contributed by atoms with Crippen molar-refractivity contribution in [2.45, 2.75) is 0 Å². The first kappa shape index (κ1) is 13.2. The molecule has 3 nitrogen and oxygen atoms in total. The molecule has 0 unspecified atom stereocenters. The minimum absolute atomic E-state index is 0.317. The van der Waals surface area contributed by atoms with Crippen LogP contribution in [0.4, 0.5) is 9.52 Å². The minimum atomic E-state index is -0.317. The zero-order chi connectivity index (χ0) is 13.9. The van der Waals surface area contributed by atoms with Crippen LogP contribution in [0.25, 0.3) is 10.2 Å². The number of rotatable bonds is 3. The third-order valence-electron chi connectivity index (χ3n) is 2.62. The van der Waals surface area contributed by atoms with Crippen LogP contribution in [0.2, 0.25) is 0 Å². The van der Waals surface area contributed by atoms with E-state index in [0.717, 1.165) is 14.7 Å². The van der Waals surface area contributed by atoms with Crippen molar-refractivity contribution in [3.63, 3.8) is 0 Å². The van der Waals surface area contributed by atoms with Crippen LogP contribution in [-0.2, 0) is 0 Å². The molecule has 0 aliphatic carbocycles. The zero-order valence-corrected chi connectivity index (χ0v) is 12.6. The van der Waals surface area contributed by atoms with Gasteiger partial charge in [0, 0.05) is 10.0 Å². The van der Waals surface area contributed by atoms with Gasteiger partial charge in [0.2, 0.25) is 5.13 Å². The van der Waals surface area contributed by atoms with Gasteiger partial charge in [-0.2, -0.15) is 5.10 Å². The molecule has 0 spiro atoms. The summed E-state index contributed by atoms with van der Waals surface area (Å²) in [4.78, 5) is 4.37. The zero-order valence-electron chi connectivity index (χ0n) is 10.2. The lowest BCUT2D eigenvalue weighted by atomic mass is 10.2. The third-order valence-corrected chi connectivity index (χ3v) is 4.05. The van der Waals surface area contributed by atoms with Gasteiger partial charge in [-0.25, -0.2) is 9.37 Å². The highest BCUT2D eigenvalue weighted by molar-refractivity contribution is 9.10. The van der Waals surface area contributed by atoms with Gasteiger partial charge >= 0.3 is 0 Å². The number of nitrogens with one attached hydrogen (secondary N) is 1. The number of para-hydroxylation sites is 1. The Morgan fingerprint density at radius 3 is 2.95 bits per heavy atom.